The summed E-state index contributed by atoms with van der Waals surface area (Å²) in [4.78, 5) is 0. The first-order chi connectivity index (χ1) is 11.7. The molecule has 24 heavy (non-hydrogen) atoms. The van der Waals surface area contributed by atoms with E-state index >= 15 is 0 Å². The highest BCUT2D eigenvalue weighted by atomic mass is 16.5. The zero-order chi connectivity index (χ0) is 16.9. The first kappa shape index (κ1) is 16.1. The van der Waals surface area contributed by atoms with Crippen molar-refractivity contribution in [2.75, 3.05) is 7.11 Å². The maximum Gasteiger partial charge on any atom is 0.127 e. The molecule has 2 N–H and O–H groups in total. The molecule has 0 aromatic heterocycles. The monoisotopic (exact) mass is 320 g/mol. The molecule has 0 saturated heterocycles. The third kappa shape index (κ3) is 3.74. The average Bonchev–Trinajstić information content (AvgIpc) is 2.63. The lowest BCUT2D eigenvalue weighted by Crippen LogP contribution is -2.94. The van der Waals surface area contributed by atoms with Gasteiger partial charge < -0.3 is 20.3 Å². The Bertz CT molecular complexity index is 781. The summed E-state index contributed by atoms with van der Waals surface area (Å²) in [5, 5.41) is 0.506. The maximum absolute atomic E-state index is 8.32. The first-order valence-electron chi connectivity index (χ1n) is 7.73. The van der Waals surface area contributed by atoms with Crippen molar-refractivity contribution in [3.05, 3.63) is 84.2 Å². The van der Waals surface area contributed by atoms with Gasteiger partial charge in [-0.1, -0.05) is 17.7 Å². The van der Waals surface area contributed by atoms with Crippen LogP contribution in [-0.2, 0) is 0 Å². The van der Waals surface area contributed by atoms with Crippen LogP contribution < -0.4 is 14.5 Å². The molecule has 0 spiro atoms. The number of rotatable bonds is 5. The molecule has 0 saturated carbocycles. The van der Waals surface area contributed by atoms with Crippen molar-refractivity contribution in [2.24, 2.45) is 0 Å². The van der Waals surface area contributed by atoms with Crippen LogP contribution >= 0.6 is 0 Å². The van der Waals surface area contributed by atoms with Gasteiger partial charge in [0.05, 0.1) is 7.11 Å². The summed E-state index contributed by atoms with van der Waals surface area (Å²) < 4.78 is 10.9. The van der Waals surface area contributed by atoms with E-state index in [1.165, 1.54) is 5.56 Å². The first-order valence-corrected chi connectivity index (χ1v) is 7.73. The second kappa shape index (κ2) is 7.17. The van der Waals surface area contributed by atoms with Crippen LogP contribution in [0.4, 0.5) is 11.4 Å². The van der Waals surface area contributed by atoms with Crippen molar-refractivity contribution >= 4 is 11.4 Å². The Kier molecular flexibility index (Phi) is 4.79. The molecule has 0 heterocycles. The molecular weight excluding hydrogens is 300 g/mol. The molecular formula is C20H20N2O2. The van der Waals surface area contributed by atoms with Gasteiger partial charge in [0.15, 0.2) is 0 Å². The largest absolute Gasteiger partial charge is 0.497 e. The Morgan fingerprint density at radius 3 is 1.58 bits per heavy atom. The molecule has 3 rings (SSSR count). The predicted octanol–water partition coefficient (Wildman–Crippen LogP) is 4.61. The van der Waals surface area contributed by atoms with E-state index in [0.717, 1.165) is 28.6 Å². The van der Waals surface area contributed by atoms with Gasteiger partial charge in [0.25, 0.3) is 0 Å². The van der Waals surface area contributed by atoms with Gasteiger partial charge in [0.2, 0.25) is 0 Å². The number of nitrogens with one attached hydrogen (secondary N) is 2. The summed E-state index contributed by atoms with van der Waals surface area (Å²) >= 11 is 0. The highest BCUT2D eigenvalue weighted by molar-refractivity contribution is 5.43. The molecule has 3 aromatic rings. The Balaban J connectivity index is 1.71. The second-order valence-corrected chi connectivity index (χ2v) is 5.54. The normalized spacial score (nSPS) is 11.8. The molecule has 1 unspecified atom stereocenters. The molecule has 4 nitrogen and oxygen atoms in total. The van der Waals surface area contributed by atoms with Crippen LogP contribution in [0.25, 0.3) is 5.84 Å². The van der Waals surface area contributed by atoms with Gasteiger partial charge in [-0.05, 0) is 55.5 Å². The van der Waals surface area contributed by atoms with Crippen molar-refractivity contribution in [1.29, 1.82) is 0 Å². The lowest BCUT2D eigenvalue weighted by Gasteiger charge is -2.20. The summed E-state index contributed by atoms with van der Waals surface area (Å²) in [5.74, 6) is 10.6. The highest BCUT2D eigenvalue weighted by Crippen LogP contribution is 2.24. The fraction of sp³-hybridized carbons (Fsp3) is 0.100. The number of benzene rings is 3. The van der Waals surface area contributed by atoms with Crippen molar-refractivity contribution in [2.45, 2.75) is 6.92 Å². The molecule has 122 valence electrons. The van der Waals surface area contributed by atoms with Crippen LogP contribution in [0, 0.1) is 6.92 Å². The Morgan fingerprint density at radius 1 is 0.667 bits per heavy atom. The molecule has 0 fully saturated rings. The van der Waals surface area contributed by atoms with E-state index < -0.39 is 0 Å². The van der Waals surface area contributed by atoms with E-state index in [-0.39, 0.29) is 0 Å². The van der Waals surface area contributed by atoms with E-state index in [9.17, 15) is 0 Å². The van der Waals surface area contributed by atoms with Crippen LogP contribution in [0.3, 0.4) is 0 Å². The molecule has 0 amide bonds. The van der Waals surface area contributed by atoms with Crippen molar-refractivity contribution in [3.63, 3.8) is 0 Å². The van der Waals surface area contributed by atoms with Crippen LogP contribution in [0.15, 0.2) is 72.8 Å². The Labute approximate surface area is 142 Å². The van der Waals surface area contributed by atoms with Gasteiger partial charge in [-0.2, -0.15) is 0 Å². The van der Waals surface area contributed by atoms with E-state index in [1.54, 1.807) is 7.11 Å². The SMILES string of the molecule is COc1ccc(Oc2ccc([NH+]([NH-])c3ccc(C)cc3)cc2)cc1. The summed E-state index contributed by atoms with van der Waals surface area (Å²) in [7, 11) is 1.64. The number of quaternary nitrogens is 1. The molecule has 0 bridgehead atoms. The van der Waals surface area contributed by atoms with Crippen molar-refractivity contribution in [3.8, 4) is 17.2 Å². The average molecular weight is 320 g/mol. The fourth-order valence-electron chi connectivity index (χ4n) is 2.36. The third-order valence-electron chi connectivity index (χ3n) is 3.78. The van der Waals surface area contributed by atoms with Crippen LogP contribution in [0.5, 0.6) is 17.2 Å². The van der Waals surface area contributed by atoms with E-state index in [2.05, 4.69) is 0 Å². The Hall–Kier alpha value is -2.82. The Morgan fingerprint density at radius 2 is 1.08 bits per heavy atom. The molecule has 0 aliphatic rings. The standard InChI is InChI=1S/C20H20N2O2/c1-15-3-5-16(6-4-15)22(21)17-7-9-19(10-8-17)24-20-13-11-18(23-2)12-14-20/h3-14,21-22H,1-2H3. The third-order valence-corrected chi connectivity index (χ3v) is 3.78. The maximum atomic E-state index is 8.32. The van der Waals surface area contributed by atoms with Gasteiger partial charge in [0, 0.05) is 12.1 Å². The molecule has 1 atom stereocenters. The summed E-state index contributed by atoms with van der Waals surface area (Å²) in [6.45, 7) is 2.04. The smallest absolute Gasteiger partial charge is 0.127 e. The lowest BCUT2D eigenvalue weighted by molar-refractivity contribution is -0.698. The predicted molar refractivity (Wildman–Crippen MR) is 95.3 cm³/mol. The molecule has 4 heteroatoms. The lowest BCUT2D eigenvalue weighted by atomic mass is 10.2. The van der Waals surface area contributed by atoms with Crippen LogP contribution in [0.1, 0.15) is 5.56 Å². The van der Waals surface area contributed by atoms with Gasteiger partial charge in [0.1, 0.15) is 28.6 Å². The minimum atomic E-state index is 0.506. The topological polar surface area (TPSA) is 46.7 Å². The number of ether oxygens (including phenoxy) is 2. The summed E-state index contributed by atoms with van der Waals surface area (Å²) in [6.07, 6.45) is 0. The van der Waals surface area contributed by atoms with Gasteiger partial charge in [-0.25, -0.2) is 0 Å². The number of methoxy groups -OCH3 is 1. The number of aryl methyl sites for hydroxylation is 1. The summed E-state index contributed by atoms with van der Waals surface area (Å²) in [5.41, 5.74) is 2.96. The zero-order valence-corrected chi connectivity index (χ0v) is 13.7. The summed E-state index contributed by atoms with van der Waals surface area (Å²) in [6, 6.07) is 23.0. The molecule has 0 aliphatic heterocycles. The van der Waals surface area contributed by atoms with Crippen molar-refractivity contribution in [1.82, 2.24) is 0 Å². The molecule has 0 aliphatic carbocycles. The quantitative estimate of drug-likeness (QED) is 0.698. The molecule has 3 aromatic carbocycles. The zero-order valence-electron chi connectivity index (χ0n) is 13.7. The molecule has 0 radical (unpaired) electrons. The van der Waals surface area contributed by atoms with Gasteiger partial charge >= 0.3 is 0 Å². The van der Waals surface area contributed by atoms with Crippen LogP contribution in [-0.4, -0.2) is 7.11 Å². The van der Waals surface area contributed by atoms with Crippen LogP contribution in [0.2, 0.25) is 0 Å². The van der Waals surface area contributed by atoms with E-state index in [1.807, 2.05) is 79.7 Å². The number of hydrogen-bond donors (Lipinski definition) is 1. The van der Waals surface area contributed by atoms with Gasteiger partial charge in [-0.3, -0.25) is 0 Å². The van der Waals surface area contributed by atoms with E-state index in [0.29, 0.717) is 5.01 Å². The minimum Gasteiger partial charge on any atom is -0.497 e. The van der Waals surface area contributed by atoms with Gasteiger partial charge in [-0.15, -0.1) is 0 Å². The van der Waals surface area contributed by atoms with Crippen molar-refractivity contribution < 1.29 is 14.5 Å². The highest BCUT2D eigenvalue weighted by Gasteiger charge is 2.06. The fourth-order valence-corrected chi connectivity index (χ4v) is 2.36. The second-order valence-electron chi connectivity index (χ2n) is 5.54. The minimum absolute atomic E-state index is 0.506. The number of hydrogen-bond acceptors (Lipinski definition) is 2. The van der Waals surface area contributed by atoms with E-state index in [4.69, 9.17) is 15.3 Å².